The number of nitrogens with one attached hydrogen (secondary N) is 1. The second-order valence-electron chi connectivity index (χ2n) is 6.21. The van der Waals surface area contributed by atoms with Crippen LogP contribution in [-0.2, 0) is 14.8 Å². The summed E-state index contributed by atoms with van der Waals surface area (Å²) in [6, 6.07) is 16.6. The molecule has 26 heavy (non-hydrogen) atoms. The molecule has 0 aromatic heterocycles. The lowest BCUT2D eigenvalue weighted by molar-refractivity contribution is -0.126. The van der Waals surface area contributed by atoms with Crippen LogP contribution >= 0.6 is 0 Å². The number of sulfonamides is 1. The monoisotopic (exact) mass is 370 g/mol. The Morgan fingerprint density at radius 2 is 1.81 bits per heavy atom. The summed E-state index contributed by atoms with van der Waals surface area (Å²) in [4.78, 5) is 14.7. The van der Waals surface area contributed by atoms with Gasteiger partial charge in [-0.3, -0.25) is 4.79 Å². The fourth-order valence-corrected chi connectivity index (χ4v) is 3.92. The summed E-state index contributed by atoms with van der Waals surface area (Å²) in [5.74, 6) is -0.0247. The second-order valence-corrected chi connectivity index (χ2v) is 8.10. The molecule has 136 valence electrons. The van der Waals surface area contributed by atoms with Gasteiger partial charge in [0, 0.05) is 12.6 Å². The number of nitrogens with zero attached hydrogens (tertiary/aromatic N) is 1. The molecule has 1 aliphatic rings. The van der Waals surface area contributed by atoms with Crippen molar-refractivity contribution in [1.82, 2.24) is 9.62 Å². The van der Waals surface area contributed by atoms with Gasteiger partial charge in [0.1, 0.15) is 0 Å². The molecular weight excluding hydrogens is 348 g/mol. The lowest BCUT2D eigenvalue weighted by Gasteiger charge is -2.23. The van der Waals surface area contributed by atoms with E-state index in [1.807, 2.05) is 23.1 Å². The van der Waals surface area contributed by atoms with Crippen LogP contribution in [0, 0.1) is 0 Å². The van der Waals surface area contributed by atoms with Gasteiger partial charge in [-0.25, -0.2) is 13.1 Å². The molecule has 2 aromatic rings. The van der Waals surface area contributed by atoms with E-state index in [2.05, 4.69) is 16.9 Å². The van der Waals surface area contributed by atoms with Crippen molar-refractivity contribution in [3.63, 3.8) is 0 Å². The normalized spacial score (nSPS) is 17.7. The molecule has 0 saturated carbocycles. The molecule has 1 atom stereocenters. The Hall–Kier alpha value is -2.44. The predicted octanol–water partition coefficient (Wildman–Crippen LogP) is 2.97. The van der Waals surface area contributed by atoms with E-state index in [-0.39, 0.29) is 16.8 Å². The summed E-state index contributed by atoms with van der Waals surface area (Å²) < 4.78 is 25.7. The Bertz CT molecular complexity index is 890. The van der Waals surface area contributed by atoms with Gasteiger partial charge in [-0.2, -0.15) is 0 Å². The van der Waals surface area contributed by atoms with Gasteiger partial charge >= 0.3 is 0 Å². The van der Waals surface area contributed by atoms with Gasteiger partial charge < -0.3 is 4.90 Å². The molecule has 0 bridgehead atoms. The van der Waals surface area contributed by atoms with Crippen LogP contribution in [-0.4, -0.2) is 32.8 Å². The first kappa shape index (κ1) is 18.4. The molecule has 0 spiro atoms. The van der Waals surface area contributed by atoms with E-state index < -0.39 is 10.0 Å². The molecule has 3 rings (SSSR count). The van der Waals surface area contributed by atoms with Gasteiger partial charge in [0.05, 0.1) is 10.9 Å². The Morgan fingerprint density at radius 3 is 2.46 bits per heavy atom. The first-order valence-electron chi connectivity index (χ1n) is 8.58. The van der Waals surface area contributed by atoms with Crippen molar-refractivity contribution in [2.45, 2.75) is 23.8 Å². The van der Waals surface area contributed by atoms with Crippen LogP contribution in [0.3, 0.4) is 0 Å². The smallest absolute Gasteiger partial charge is 0.247 e. The van der Waals surface area contributed by atoms with Gasteiger partial charge in [-0.1, -0.05) is 42.5 Å². The van der Waals surface area contributed by atoms with E-state index in [1.54, 1.807) is 24.3 Å². The third-order valence-corrected chi connectivity index (χ3v) is 6.03. The number of carbonyl (C=O) groups is 1. The summed E-state index contributed by atoms with van der Waals surface area (Å²) in [5, 5.41) is 0. The van der Waals surface area contributed by atoms with E-state index in [0.29, 0.717) is 0 Å². The Labute approximate surface area is 154 Å². The van der Waals surface area contributed by atoms with Gasteiger partial charge in [0.2, 0.25) is 15.9 Å². The van der Waals surface area contributed by atoms with Crippen molar-refractivity contribution < 1.29 is 13.2 Å². The zero-order valence-electron chi connectivity index (χ0n) is 14.6. The maximum atomic E-state index is 12.6. The molecular formula is C20H22N2O3S. The topological polar surface area (TPSA) is 66.5 Å². The first-order chi connectivity index (χ1) is 12.5. The van der Waals surface area contributed by atoms with Gasteiger partial charge in [0.25, 0.3) is 0 Å². The molecule has 1 fully saturated rings. The van der Waals surface area contributed by atoms with Crippen LogP contribution in [0.25, 0.3) is 6.08 Å². The molecule has 1 saturated heterocycles. The zero-order chi connectivity index (χ0) is 18.6. The van der Waals surface area contributed by atoms with Crippen molar-refractivity contribution in [1.29, 1.82) is 0 Å². The predicted molar refractivity (Wildman–Crippen MR) is 102 cm³/mol. The molecule has 1 aliphatic heterocycles. The highest BCUT2D eigenvalue weighted by molar-refractivity contribution is 7.89. The van der Waals surface area contributed by atoms with Crippen molar-refractivity contribution in [3.8, 4) is 0 Å². The zero-order valence-corrected chi connectivity index (χ0v) is 15.4. The summed E-state index contributed by atoms with van der Waals surface area (Å²) >= 11 is 0. The SMILES string of the molecule is CNS(=O)(=O)c1ccc(/C=C/C(=O)N2CCCC2c2ccccc2)cc1. The highest BCUT2D eigenvalue weighted by atomic mass is 32.2. The van der Waals surface area contributed by atoms with E-state index in [4.69, 9.17) is 0 Å². The number of likely N-dealkylation sites (tertiary alicyclic amines) is 1. The minimum absolute atomic E-state index is 0.0247. The summed E-state index contributed by atoms with van der Waals surface area (Å²) in [7, 11) is -2.07. The molecule has 0 radical (unpaired) electrons. The van der Waals surface area contributed by atoms with Crippen LogP contribution in [0.15, 0.2) is 65.6 Å². The van der Waals surface area contributed by atoms with Gasteiger partial charge in [0.15, 0.2) is 0 Å². The van der Waals surface area contributed by atoms with Gasteiger partial charge in [-0.05, 0) is 49.2 Å². The van der Waals surface area contributed by atoms with Crippen molar-refractivity contribution in [2.24, 2.45) is 0 Å². The molecule has 6 heteroatoms. The van der Waals surface area contributed by atoms with Crippen molar-refractivity contribution in [2.75, 3.05) is 13.6 Å². The molecule has 2 aromatic carbocycles. The van der Waals surface area contributed by atoms with E-state index >= 15 is 0 Å². The Balaban J connectivity index is 1.71. The molecule has 0 aliphatic carbocycles. The third kappa shape index (κ3) is 4.03. The lowest BCUT2D eigenvalue weighted by Crippen LogP contribution is -2.28. The fourth-order valence-electron chi connectivity index (χ4n) is 3.19. The van der Waals surface area contributed by atoms with Crippen molar-refractivity contribution in [3.05, 3.63) is 71.8 Å². The lowest BCUT2D eigenvalue weighted by atomic mass is 10.0. The highest BCUT2D eigenvalue weighted by Crippen LogP contribution is 2.31. The van der Waals surface area contributed by atoms with Crippen LogP contribution in [0.5, 0.6) is 0 Å². The summed E-state index contributed by atoms with van der Waals surface area (Å²) in [6.45, 7) is 0.752. The molecule has 1 N–H and O–H groups in total. The highest BCUT2D eigenvalue weighted by Gasteiger charge is 2.28. The van der Waals surface area contributed by atoms with Crippen LogP contribution < -0.4 is 4.72 Å². The first-order valence-corrected chi connectivity index (χ1v) is 10.1. The largest absolute Gasteiger partial charge is 0.332 e. The van der Waals surface area contributed by atoms with E-state index in [0.717, 1.165) is 30.5 Å². The molecule has 1 amide bonds. The van der Waals surface area contributed by atoms with Crippen LogP contribution in [0.1, 0.15) is 30.0 Å². The molecule has 5 nitrogen and oxygen atoms in total. The average Bonchev–Trinajstić information content (AvgIpc) is 3.17. The number of hydrogen-bond donors (Lipinski definition) is 1. The fraction of sp³-hybridized carbons (Fsp3) is 0.250. The average molecular weight is 370 g/mol. The number of carbonyl (C=O) groups excluding carboxylic acids is 1. The number of rotatable bonds is 5. The maximum Gasteiger partial charge on any atom is 0.247 e. The van der Waals surface area contributed by atoms with Gasteiger partial charge in [-0.15, -0.1) is 0 Å². The van der Waals surface area contributed by atoms with Crippen molar-refractivity contribution >= 4 is 22.0 Å². The van der Waals surface area contributed by atoms with E-state index in [1.165, 1.54) is 19.2 Å². The quantitative estimate of drug-likeness (QED) is 0.823. The Morgan fingerprint density at radius 1 is 1.12 bits per heavy atom. The van der Waals surface area contributed by atoms with E-state index in [9.17, 15) is 13.2 Å². The number of amides is 1. The minimum atomic E-state index is -3.45. The summed E-state index contributed by atoms with van der Waals surface area (Å²) in [5.41, 5.74) is 1.94. The van der Waals surface area contributed by atoms with Crippen LogP contribution in [0.4, 0.5) is 0 Å². The Kier molecular flexibility index (Phi) is 5.54. The second kappa shape index (κ2) is 7.85. The number of hydrogen-bond acceptors (Lipinski definition) is 3. The summed E-state index contributed by atoms with van der Waals surface area (Å²) in [6.07, 6.45) is 5.25. The third-order valence-electron chi connectivity index (χ3n) is 4.60. The standard InChI is InChI=1S/C20H22N2O3S/c1-21-26(24,25)18-12-9-16(10-13-18)11-14-20(23)22-15-5-8-19(22)17-6-3-2-4-7-17/h2-4,6-7,9-14,19,21H,5,8,15H2,1H3/b14-11+. The maximum absolute atomic E-state index is 12.6. The molecule has 1 heterocycles. The number of benzene rings is 2. The van der Waals surface area contributed by atoms with Crippen LogP contribution in [0.2, 0.25) is 0 Å². The molecule has 1 unspecified atom stereocenters. The minimum Gasteiger partial charge on any atom is -0.332 e.